The lowest BCUT2D eigenvalue weighted by Crippen LogP contribution is -2.31. The van der Waals surface area contributed by atoms with E-state index in [2.05, 4.69) is 10.4 Å². The molecule has 0 unspecified atom stereocenters. The highest BCUT2D eigenvalue weighted by Crippen LogP contribution is 2.22. The Hall–Kier alpha value is -0.780. The van der Waals surface area contributed by atoms with E-state index in [1.54, 1.807) is 16.9 Å². The fraction of sp³-hybridized carbons (Fsp3) is 0.833. The zero-order valence-electron chi connectivity index (χ0n) is 7.39. The van der Waals surface area contributed by atoms with Crippen LogP contribution in [0.5, 0.6) is 0 Å². The summed E-state index contributed by atoms with van der Waals surface area (Å²) in [5.74, 6) is 0.679. The highest BCUT2D eigenvalue weighted by atomic mass is 32.2. The van der Waals surface area contributed by atoms with Crippen molar-refractivity contribution in [3.05, 3.63) is 0 Å². The number of rotatable bonds is 3. The molecule has 12 heavy (non-hydrogen) atoms. The van der Waals surface area contributed by atoms with Gasteiger partial charge in [0.15, 0.2) is 5.50 Å². The van der Waals surface area contributed by atoms with Gasteiger partial charge in [-0.05, 0) is 6.92 Å². The third kappa shape index (κ3) is 2.10. The van der Waals surface area contributed by atoms with Crippen molar-refractivity contribution in [3.63, 3.8) is 0 Å². The molecule has 0 saturated carbocycles. The zero-order valence-corrected chi connectivity index (χ0v) is 8.21. The average molecular weight is 188 g/mol. The molecule has 0 spiro atoms. The minimum absolute atomic E-state index is 0.0638. The van der Waals surface area contributed by atoms with Crippen LogP contribution in [-0.2, 0) is 4.79 Å². The molecule has 0 saturated heterocycles. The molecule has 0 N–H and O–H groups in total. The first-order valence-corrected chi connectivity index (χ1v) is 4.64. The molecule has 1 heterocycles. The van der Waals surface area contributed by atoms with Gasteiger partial charge in [0.05, 0.1) is 5.75 Å². The van der Waals surface area contributed by atoms with Crippen LogP contribution in [0.25, 0.3) is 0 Å². The van der Waals surface area contributed by atoms with Crippen LogP contribution in [-0.4, -0.2) is 41.1 Å². The van der Waals surface area contributed by atoms with Crippen LogP contribution in [0.2, 0.25) is 0 Å². The van der Waals surface area contributed by atoms with E-state index in [-0.39, 0.29) is 11.3 Å². The molecule has 0 aromatic carbocycles. The van der Waals surface area contributed by atoms with E-state index in [4.69, 9.17) is 0 Å². The second-order valence-corrected chi connectivity index (χ2v) is 3.71. The van der Waals surface area contributed by atoms with Gasteiger partial charge in [-0.3, -0.25) is 4.79 Å². The third-order valence-corrected chi connectivity index (χ3v) is 2.88. The summed E-state index contributed by atoms with van der Waals surface area (Å²) in [6, 6.07) is 0. The standard InChI is InChI=1S/C6H12N4OS/c1-5(11)4-12-6-9(2)7-8-10(6)3/h6H,4H2,1-3H3. The fourth-order valence-electron chi connectivity index (χ4n) is 0.864. The van der Waals surface area contributed by atoms with Crippen molar-refractivity contribution in [1.29, 1.82) is 0 Å². The predicted octanol–water partition coefficient (Wildman–Crippen LogP) is 0.752. The molecule has 0 radical (unpaired) electrons. The number of carbonyl (C=O) groups excluding carboxylic acids is 1. The van der Waals surface area contributed by atoms with E-state index in [9.17, 15) is 4.79 Å². The molecule has 0 amide bonds. The highest BCUT2D eigenvalue weighted by Gasteiger charge is 2.24. The van der Waals surface area contributed by atoms with E-state index in [1.165, 1.54) is 11.8 Å². The number of carbonyl (C=O) groups is 1. The molecule has 0 bridgehead atoms. The van der Waals surface area contributed by atoms with Gasteiger partial charge in [0.1, 0.15) is 5.78 Å². The average Bonchev–Trinajstić information content (AvgIpc) is 2.28. The van der Waals surface area contributed by atoms with Crippen LogP contribution in [0.1, 0.15) is 6.92 Å². The van der Waals surface area contributed by atoms with Crippen LogP contribution in [0.4, 0.5) is 0 Å². The van der Waals surface area contributed by atoms with Crippen molar-refractivity contribution in [2.75, 3.05) is 19.8 Å². The summed E-state index contributed by atoms with van der Waals surface area (Å²) < 4.78 is 0. The number of nitrogens with zero attached hydrogens (tertiary/aromatic N) is 4. The Balaban J connectivity index is 2.37. The number of Topliss-reactive ketones (excluding diaryl/α,β-unsaturated/α-hetero) is 1. The molecule has 1 aliphatic heterocycles. The molecule has 0 aromatic rings. The minimum Gasteiger partial charge on any atom is -0.299 e. The van der Waals surface area contributed by atoms with E-state index in [0.29, 0.717) is 5.75 Å². The minimum atomic E-state index is 0.0638. The summed E-state index contributed by atoms with van der Waals surface area (Å²) in [6.45, 7) is 1.58. The summed E-state index contributed by atoms with van der Waals surface area (Å²) in [5.41, 5.74) is 0.0638. The first kappa shape index (κ1) is 9.31. The van der Waals surface area contributed by atoms with Crippen molar-refractivity contribution in [2.24, 2.45) is 10.4 Å². The topological polar surface area (TPSA) is 48.3 Å². The third-order valence-electron chi connectivity index (χ3n) is 1.40. The van der Waals surface area contributed by atoms with Crippen LogP contribution >= 0.6 is 11.8 Å². The maximum Gasteiger partial charge on any atom is 0.184 e. The van der Waals surface area contributed by atoms with Gasteiger partial charge in [-0.15, -0.1) is 11.8 Å². The van der Waals surface area contributed by atoms with Gasteiger partial charge in [-0.2, -0.15) is 0 Å². The van der Waals surface area contributed by atoms with Gasteiger partial charge >= 0.3 is 0 Å². The van der Waals surface area contributed by atoms with Crippen molar-refractivity contribution in [1.82, 2.24) is 10.0 Å². The van der Waals surface area contributed by atoms with Gasteiger partial charge in [0, 0.05) is 14.1 Å². The summed E-state index contributed by atoms with van der Waals surface area (Å²) in [5, 5.41) is 11.1. The maximum atomic E-state index is 10.7. The Morgan fingerprint density at radius 3 is 2.33 bits per heavy atom. The quantitative estimate of drug-likeness (QED) is 0.655. The Kier molecular flexibility index (Phi) is 2.91. The summed E-state index contributed by atoms with van der Waals surface area (Å²) in [7, 11) is 3.68. The first-order chi connectivity index (χ1) is 5.61. The van der Waals surface area contributed by atoms with Gasteiger partial charge in [0.25, 0.3) is 0 Å². The van der Waals surface area contributed by atoms with Crippen LogP contribution in [0.3, 0.4) is 0 Å². The van der Waals surface area contributed by atoms with Gasteiger partial charge in [-0.1, -0.05) is 10.4 Å². The molecule has 0 aromatic heterocycles. The lowest BCUT2D eigenvalue weighted by molar-refractivity contribution is -0.114. The molecule has 1 aliphatic rings. The van der Waals surface area contributed by atoms with Crippen molar-refractivity contribution >= 4 is 17.5 Å². The molecule has 0 fully saturated rings. The smallest absolute Gasteiger partial charge is 0.184 e. The van der Waals surface area contributed by atoms with Gasteiger partial charge in [-0.25, -0.2) is 10.0 Å². The monoisotopic (exact) mass is 188 g/mol. The van der Waals surface area contributed by atoms with Crippen LogP contribution in [0.15, 0.2) is 10.4 Å². The van der Waals surface area contributed by atoms with Crippen LogP contribution < -0.4 is 0 Å². The Morgan fingerprint density at radius 2 is 1.92 bits per heavy atom. The van der Waals surface area contributed by atoms with E-state index in [0.717, 1.165) is 0 Å². The second-order valence-electron chi connectivity index (χ2n) is 2.67. The van der Waals surface area contributed by atoms with Gasteiger partial charge < -0.3 is 0 Å². The lowest BCUT2D eigenvalue weighted by atomic mass is 10.5. The molecule has 1 rings (SSSR count). The van der Waals surface area contributed by atoms with E-state index in [1.807, 2.05) is 14.1 Å². The molecular formula is C6H12N4OS. The molecular weight excluding hydrogens is 176 g/mol. The molecule has 0 aliphatic carbocycles. The molecule has 6 heteroatoms. The lowest BCUT2D eigenvalue weighted by Gasteiger charge is -2.20. The SMILES string of the molecule is CC(=O)CSC1N(C)N=NN1C. The number of hydrogen-bond acceptors (Lipinski definition) is 6. The predicted molar refractivity (Wildman–Crippen MR) is 47.3 cm³/mol. The molecule has 0 atom stereocenters. The van der Waals surface area contributed by atoms with E-state index >= 15 is 0 Å². The van der Waals surface area contributed by atoms with Gasteiger partial charge in [0.2, 0.25) is 0 Å². The Bertz CT molecular complexity index is 196. The first-order valence-electron chi connectivity index (χ1n) is 3.59. The summed E-state index contributed by atoms with van der Waals surface area (Å²) >= 11 is 1.52. The fourth-order valence-corrected chi connectivity index (χ4v) is 1.76. The number of ketones is 1. The zero-order chi connectivity index (χ0) is 9.14. The second kappa shape index (κ2) is 3.75. The Morgan fingerprint density at radius 1 is 1.42 bits per heavy atom. The summed E-state index contributed by atoms with van der Waals surface area (Å²) in [6.07, 6.45) is 0. The maximum absolute atomic E-state index is 10.7. The van der Waals surface area contributed by atoms with Crippen LogP contribution in [0, 0.1) is 0 Å². The van der Waals surface area contributed by atoms with Crippen molar-refractivity contribution in [2.45, 2.75) is 12.4 Å². The largest absolute Gasteiger partial charge is 0.299 e. The van der Waals surface area contributed by atoms with Crippen molar-refractivity contribution in [3.8, 4) is 0 Å². The molecule has 68 valence electrons. The number of hydrogen-bond donors (Lipinski definition) is 0. The van der Waals surface area contributed by atoms with Crippen molar-refractivity contribution < 1.29 is 4.79 Å². The summed E-state index contributed by atoms with van der Waals surface area (Å²) in [4.78, 5) is 10.7. The van der Waals surface area contributed by atoms with E-state index < -0.39 is 0 Å². The Labute approximate surface area is 75.7 Å². The number of thioether (sulfide) groups is 1. The molecule has 5 nitrogen and oxygen atoms in total. The highest BCUT2D eigenvalue weighted by molar-refractivity contribution is 8.00. The normalized spacial score (nSPS) is 17.6.